The normalized spacial score (nSPS) is 20.4. The molecule has 2 heterocycles. The zero-order valence-corrected chi connectivity index (χ0v) is 11.1. The molecular formula is C11H14N2O5S. The van der Waals surface area contributed by atoms with E-state index in [2.05, 4.69) is 9.72 Å². The van der Waals surface area contributed by atoms with Crippen LogP contribution in [0.1, 0.15) is 6.42 Å². The van der Waals surface area contributed by atoms with Crippen LogP contribution >= 0.6 is 0 Å². The first kappa shape index (κ1) is 13.8. The van der Waals surface area contributed by atoms with Crippen LogP contribution in [0.3, 0.4) is 0 Å². The van der Waals surface area contributed by atoms with Crippen LogP contribution in [0.5, 0.6) is 0 Å². The first-order chi connectivity index (χ1) is 8.96. The molecule has 0 saturated carbocycles. The summed E-state index contributed by atoms with van der Waals surface area (Å²) in [6, 6.07) is 1.15. The summed E-state index contributed by atoms with van der Waals surface area (Å²) in [5, 5.41) is 0. The van der Waals surface area contributed by atoms with E-state index >= 15 is 0 Å². The van der Waals surface area contributed by atoms with Gasteiger partial charge in [-0.3, -0.25) is 9.59 Å². The summed E-state index contributed by atoms with van der Waals surface area (Å²) in [6.07, 6.45) is 2.92. The Bertz CT molecular complexity index is 636. The van der Waals surface area contributed by atoms with Crippen molar-refractivity contribution in [3.63, 3.8) is 0 Å². The van der Waals surface area contributed by atoms with Crippen molar-refractivity contribution < 1.29 is 17.9 Å². The van der Waals surface area contributed by atoms with Gasteiger partial charge in [0, 0.05) is 31.5 Å². The summed E-state index contributed by atoms with van der Waals surface area (Å²) in [5.74, 6) is -0.901. The lowest BCUT2D eigenvalue weighted by molar-refractivity contribution is -0.144. The number of sulfonamides is 1. The lowest BCUT2D eigenvalue weighted by Crippen LogP contribution is -2.33. The van der Waals surface area contributed by atoms with Gasteiger partial charge in [-0.05, 0) is 6.42 Å². The number of carbonyl (C=O) groups is 1. The second-order valence-electron chi connectivity index (χ2n) is 4.24. The van der Waals surface area contributed by atoms with Gasteiger partial charge in [-0.2, -0.15) is 4.31 Å². The van der Waals surface area contributed by atoms with Crippen molar-refractivity contribution >= 4 is 16.0 Å². The molecule has 0 spiro atoms. The Hall–Kier alpha value is -1.67. The van der Waals surface area contributed by atoms with Gasteiger partial charge in [0.2, 0.25) is 15.5 Å². The summed E-state index contributed by atoms with van der Waals surface area (Å²) in [7, 11) is -2.60. The van der Waals surface area contributed by atoms with Gasteiger partial charge in [-0.1, -0.05) is 0 Å². The molecule has 19 heavy (non-hydrogen) atoms. The van der Waals surface area contributed by atoms with E-state index in [-0.39, 0.29) is 18.0 Å². The first-order valence-electron chi connectivity index (χ1n) is 5.72. The van der Waals surface area contributed by atoms with Gasteiger partial charge in [0.05, 0.1) is 13.0 Å². The van der Waals surface area contributed by atoms with E-state index in [4.69, 9.17) is 0 Å². The molecule has 104 valence electrons. The molecule has 1 aliphatic rings. The third kappa shape index (κ3) is 2.54. The molecule has 2 rings (SSSR count). The van der Waals surface area contributed by atoms with Crippen molar-refractivity contribution in [2.24, 2.45) is 5.92 Å². The van der Waals surface area contributed by atoms with E-state index in [1.807, 2.05) is 0 Å². The predicted molar refractivity (Wildman–Crippen MR) is 65.9 cm³/mol. The van der Waals surface area contributed by atoms with Gasteiger partial charge in [-0.25, -0.2) is 8.42 Å². The zero-order chi connectivity index (χ0) is 14.0. The van der Waals surface area contributed by atoms with Gasteiger partial charge in [0.1, 0.15) is 4.90 Å². The van der Waals surface area contributed by atoms with Gasteiger partial charge in [0.25, 0.3) is 0 Å². The molecule has 0 bridgehead atoms. The van der Waals surface area contributed by atoms with E-state index in [0.717, 1.165) is 16.6 Å². The van der Waals surface area contributed by atoms with Crippen molar-refractivity contribution in [2.45, 2.75) is 11.3 Å². The van der Waals surface area contributed by atoms with Crippen LogP contribution in [0.4, 0.5) is 0 Å². The number of nitrogens with one attached hydrogen (secondary N) is 1. The summed E-state index contributed by atoms with van der Waals surface area (Å²) >= 11 is 0. The van der Waals surface area contributed by atoms with Crippen molar-refractivity contribution in [2.75, 3.05) is 20.2 Å². The van der Waals surface area contributed by atoms with Gasteiger partial charge >= 0.3 is 5.97 Å². The van der Waals surface area contributed by atoms with Crippen LogP contribution in [0, 0.1) is 5.92 Å². The molecule has 1 fully saturated rings. The largest absolute Gasteiger partial charge is 0.469 e. The number of aromatic nitrogens is 1. The monoisotopic (exact) mass is 286 g/mol. The average molecular weight is 286 g/mol. The van der Waals surface area contributed by atoms with E-state index in [9.17, 15) is 18.0 Å². The third-order valence-electron chi connectivity index (χ3n) is 3.09. The van der Waals surface area contributed by atoms with Gasteiger partial charge in [0.15, 0.2) is 0 Å². The van der Waals surface area contributed by atoms with Crippen LogP contribution in [0.2, 0.25) is 0 Å². The Labute approximate surface area is 110 Å². The van der Waals surface area contributed by atoms with E-state index in [0.29, 0.717) is 6.42 Å². The van der Waals surface area contributed by atoms with E-state index in [1.54, 1.807) is 0 Å². The Morgan fingerprint density at radius 3 is 2.89 bits per heavy atom. The first-order valence-corrected chi connectivity index (χ1v) is 7.16. The summed E-state index contributed by atoms with van der Waals surface area (Å²) < 4.78 is 30.3. The maximum atomic E-state index is 12.3. The molecule has 0 aromatic carbocycles. The molecule has 8 heteroatoms. The number of pyridine rings is 1. The number of methoxy groups -OCH3 is 1. The summed E-state index contributed by atoms with van der Waals surface area (Å²) in [6.45, 7) is 0.250. The fourth-order valence-electron chi connectivity index (χ4n) is 2.05. The molecule has 1 atom stereocenters. The second-order valence-corrected chi connectivity index (χ2v) is 6.15. The van der Waals surface area contributed by atoms with Crippen LogP contribution in [0.25, 0.3) is 0 Å². The number of esters is 1. The minimum atomic E-state index is -3.86. The SMILES string of the molecule is COC(=O)C1CCN(S(=O)(=O)c2c[nH]ccc2=O)C1. The van der Waals surface area contributed by atoms with Gasteiger partial charge < -0.3 is 9.72 Å². The standard InChI is InChI=1S/C11H14N2O5S/c1-18-11(15)8-3-5-13(7-8)19(16,17)10-6-12-4-2-9(10)14/h2,4,6,8H,3,5,7H2,1H3,(H,12,14). The number of carbonyl (C=O) groups excluding carboxylic acids is 1. The number of ether oxygens (including phenoxy) is 1. The number of hydrogen-bond donors (Lipinski definition) is 1. The molecule has 1 unspecified atom stereocenters. The highest BCUT2D eigenvalue weighted by molar-refractivity contribution is 7.89. The molecule has 0 amide bonds. The van der Waals surface area contributed by atoms with E-state index in [1.165, 1.54) is 13.3 Å². The second kappa shape index (κ2) is 5.14. The third-order valence-corrected chi connectivity index (χ3v) is 4.98. The molecule has 0 radical (unpaired) electrons. The maximum Gasteiger partial charge on any atom is 0.310 e. The van der Waals surface area contributed by atoms with Gasteiger partial charge in [-0.15, -0.1) is 0 Å². The zero-order valence-electron chi connectivity index (χ0n) is 10.3. The Morgan fingerprint density at radius 2 is 2.26 bits per heavy atom. The molecule has 1 aliphatic heterocycles. The fourth-order valence-corrected chi connectivity index (χ4v) is 3.59. The molecular weight excluding hydrogens is 272 g/mol. The predicted octanol–water partition coefficient (Wildman–Crippen LogP) is -0.442. The Morgan fingerprint density at radius 1 is 1.53 bits per heavy atom. The summed E-state index contributed by atoms with van der Waals surface area (Å²) in [4.78, 5) is 25.2. The topological polar surface area (TPSA) is 96.5 Å². The molecule has 1 aromatic rings. The molecule has 0 aliphatic carbocycles. The van der Waals surface area contributed by atoms with Crippen LogP contribution in [-0.2, 0) is 19.6 Å². The van der Waals surface area contributed by atoms with Crippen LogP contribution in [0.15, 0.2) is 28.2 Å². The molecule has 1 N–H and O–H groups in total. The minimum absolute atomic E-state index is 0.0450. The Kier molecular flexibility index (Phi) is 3.72. The maximum absolute atomic E-state index is 12.3. The number of nitrogens with zero attached hydrogens (tertiary/aromatic N) is 1. The van der Waals surface area contributed by atoms with Crippen molar-refractivity contribution in [3.05, 3.63) is 28.7 Å². The smallest absolute Gasteiger partial charge is 0.310 e. The fraction of sp³-hybridized carbons (Fsp3) is 0.455. The minimum Gasteiger partial charge on any atom is -0.469 e. The van der Waals surface area contributed by atoms with Crippen molar-refractivity contribution in [1.29, 1.82) is 0 Å². The van der Waals surface area contributed by atoms with Crippen molar-refractivity contribution in [3.8, 4) is 0 Å². The lowest BCUT2D eigenvalue weighted by Gasteiger charge is -2.15. The quantitative estimate of drug-likeness (QED) is 0.760. The highest BCUT2D eigenvalue weighted by Gasteiger charge is 2.37. The average Bonchev–Trinajstić information content (AvgIpc) is 2.88. The number of H-pyrrole nitrogens is 1. The Balaban J connectivity index is 2.26. The molecule has 1 saturated heterocycles. The summed E-state index contributed by atoms with van der Waals surface area (Å²) in [5.41, 5.74) is -0.569. The molecule has 7 nitrogen and oxygen atoms in total. The van der Waals surface area contributed by atoms with E-state index < -0.39 is 27.3 Å². The van der Waals surface area contributed by atoms with Crippen LogP contribution < -0.4 is 5.43 Å². The highest BCUT2D eigenvalue weighted by Crippen LogP contribution is 2.23. The number of hydrogen-bond acceptors (Lipinski definition) is 5. The number of rotatable bonds is 3. The lowest BCUT2D eigenvalue weighted by atomic mass is 10.1. The number of aromatic amines is 1. The molecule has 1 aromatic heterocycles. The highest BCUT2D eigenvalue weighted by atomic mass is 32.2. The van der Waals surface area contributed by atoms with Crippen molar-refractivity contribution in [1.82, 2.24) is 9.29 Å². The van der Waals surface area contributed by atoms with Crippen LogP contribution in [-0.4, -0.2) is 43.9 Å².